The third-order valence-corrected chi connectivity index (χ3v) is 7.21. The number of hydrogen-bond acceptors (Lipinski definition) is 4. The molecule has 4 nitrogen and oxygen atoms in total. The van der Waals surface area contributed by atoms with E-state index in [1.807, 2.05) is 84.9 Å². The van der Waals surface area contributed by atoms with Crippen molar-refractivity contribution >= 4 is 45.3 Å². The largest absolute Gasteiger partial charge is 0.508 e. The van der Waals surface area contributed by atoms with Gasteiger partial charge in [-0.05, 0) is 89.1 Å². The number of aromatic hydroxyl groups is 1. The molecule has 0 spiro atoms. The smallest absolute Gasteiger partial charge is 0.161 e. The van der Waals surface area contributed by atoms with E-state index in [0.29, 0.717) is 23.3 Å². The van der Waals surface area contributed by atoms with Crippen molar-refractivity contribution in [2.45, 2.75) is 12.6 Å². The van der Waals surface area contributed by atoms with Gasteiger partial charge in [-0.15, -0.1) is 0 Å². The molecule has 0 fully saturated rings. The fraction of sp³-hybridized carbons (Fsp3) is 0.0968. The molecule has 1 heterocycles. The van der Waals surface area contributed by atoms with Crippen LogP contribution in [0, 0.1) is 0 Å². The molecule has 1 unspecified atom stereocenters. The lowest BCUT2D eigenvalue weighted by molar-refractivity contribution is 0.289. The highest BCUT2D eigenvalue weighted by atomic mass is 35.5. The highest BCUT2D eigenvalue weighted by Gasteiger charge is 2.23. The number of hydrogen-bond donors (Lipinski definition) is 2. The molecular weight excluding hydrogens is 503 g/mol. The fourth-order valence-electron chi connectivity index (χ4n) is 4.79. The Balaban J connectivity index is 1.40. The second-order valence-corrected chi connectivity index (χ2v) is 10.0. The molecule has 5 aromatic rings. The molecule has 0 radical (unpaired) electrons. The Morgan fingerprint density at radius 1 is 0.784 bits per heavy atom. The maximum atomic E-state index is 11.1. The van der Waals surface area contributed by atoms with Crippen LogP contribution in [0.1, 0.15) is 22.7 Å². The molecule has 6 rings (SSSR count). The molecule has 0 saturated heterocycles. The van der Waals surface area contributed by atoms with Gasteiger partial charge < -0.3 is 20.1 Å². The summed E-state index contributed by atoms with van der Waals surface area (Å²) in [5, 5.41) is 18.2. The number of benzene rings is 5. The Kier molecular flexibility index (Phi) is 6.29. The third-order valence-electron chi connectivity index (χ3n) is 6.71. The first-order valence-corrected chi connectivity index (χ1v) is 12.8. The fourth-order valence-corrected chi connectivity index (χ4v) is 5.04. The topological polar surface area (TPSA) is 44.7 Å². The van der Waals surface area contributed by atoms with Crippen LogP contribution in [0.4, 0.5) is 11.4 Å². The van der Waals surface area contributed by atoms with Crippen molar-refractivity contribution < 1.29 is 9.84 Å². The predicted octanol–water partition coefficient (Wildman–Crippen LogP) is 8.41. The molecule has 5 aromatic carbocycles. The van der Waals surface area contributed by atoms with Gasteiger partial charge in [-0.2, -0.15) is 0 Å². The summed E-state index contributed by atoms with van der Waals surface area (Å²) in [4.78, 5) is 2.16. The monoisotopic (exact) mass is 526 g/mol. The van der Waals surface area contributed by atoms with Crippen molar-refractivity contribution in [2.24, 2.45) is 0 Å². The highest BCUT2D eigenvalue weighted by Crippen LogP contribution is 2.38. The molecule has 2 N–H and O–H groups in total. The Bertz CT molecular complexity index is 1570. The van der Waals surface area contributed by atoms with Crippen molar-refractivity contribution in [2.75, 3.05) is 16.9 Å². The summed E-state index contributed by atoms with van der Waals surface area (Å²) in [6.07, 6.45) is 0. The number of ether oxygens (including phenoxy) is 1. The lowest BCUT2D eigenvalue weighted by Crippen LogP contribution is -2.32. The van der Waals surface area contributed by atoms with Crippen LogP contribution < -0.4 is 15.0 Å². The van der Waals surface area contributed by atoms with Crippen molar-refractivity contribution in [3.05, 3.63) is 130 Å². The Hall–Kier alpha value is -3.86. The molecule has 0 amide bonds. The van der Waals surface area contributed by atoms with Gasteiger partial charge >= 0.3 is 0 Å². The second kappa shape index (κ2) is 9.89. The van der Waals surface area contributed by atoms with E-state index < -0.39 is 0 Å². The standard InChI is InChI=1S/C31H24Cl2N2O2/c32-24-6-10-26(11-7-24)34-31(28-16-20-3-1-2-4-21(20)17-29(28)36)22-5-14-30-23(15-22)18-35(19-37-30)27-12-8-25(33)9-13-27/h1-17,31,34,36H,18-19H2. The minimum Gasteiger partial charge on any atom is -0.508 e. The zero-order valence-electron chi connectivity index (χ0n) is 19.9. The first-order chi connectivity index (χ1) is 18.0. The number of fused-ring (bicyclic) bond motifs is 2. The van der Waals surface area contributed by atoms with E-state index in [2.05, 4.69) is 28.4 Å². The summed E-state index contributed by atoms with van der Waals surface area (Å²) in [5.74, 6) is 1.10. The van der Waals surface area contributed by atoms with Gasteiger partial charge in [0.1, 0.15) is 11.5 Å². The minimum absolute atomic E-state index is 0.238. The molecular formula is C31H24Cl2N2O2. The lowest BCUT2D eigenvalue weighted by Gasteiger charge is -2.32. The Labute approximate surface area is 225 Å². The van der Waals surface area contributed by atoms with Gasteiger partial charge in [0.05, 0.1) is 6.04 Å². The molecule has 0 bridgehead atoms. The second-order valence-electron chi connectivity index (χ2n) is 9.16. The van der Waals surface area contributed by atoms with Crippen molar-refractivity contribution in [3.8, 4) is 11.5 Å². The van der Waals surface area contributed by atoms with Crippen molar-refractivity contribution in [1.82, 2.24) is 0 Å². The van der Waals surface area contributed by atoms with Crippen LogP contribution in [0.3, 0.4) is 0 Å². The molecule has 1 atom stereocenters. The molecule has 0 aliphatic carbocycles. The van der Waals surface area contributed by atoms with Crippen LogP contribution in [0.2, 0.25) is 10.0 Å². The number of halogens is 2. The Morgan fingerprint density at radius 3 is 2.19 bits per heavy atom. The average molecular weight is 527 g/mol. The van der Waals surface area contributed by atoms with E-state index in [-0.39, 0.29) is 11.8 Å². The molecule has 6 heteroatoms. The summed E-state index contributed by atoms with van der Waals surface area (Å²) in [6, 6.07) is 33.2. The summed E-state index contributed by atoms with van der Waals surface area (Å²) >= 11 is 12.2. The van der Waals surface area contributed by atoms with Crippen LogP contribution >= 0.6 is 23.2 Å². The van der Waals surface area contributed by atoms with E-state index in [1.165, 1.54) is 0 Å². The van der Waals surface area contributed by atoms with Gasteiger partial charge in [0.2, 0.25) is 0 Å². The predicted molar refractivity (Wildman–Crippen MR) is 152 cm³/mol. The first kappa shape index (κ1) is 23.5. The van der Waals surface area contributed by atoms with Crippen LogP contribution in [0.15, 0.2) is 103 Å². The van der Waals surface area contributed by atoms with Crippen molar-refractivity contribution in [3.63, 3.8) is 0 Å². The third kappa shape index (κ3) is 4.91. The summed E-state index contributed by atoms with van der Waals surface area (Å²) in [5.41, 5.74) is 4.82. The van der Waals surface area contributed by atoms with Gasteiger partial charge in [0.15, 0.2) is 6.73 Å². The van der Waals surface area contributed by atoms with Crippen LogP contribution in [0.25, 0.3) is 10.8 Å². The quantitative estimate of drug-likeness (QED) is 0.241. The zero-order valence-corrected chi connectivity index (χ0v) is 21.4. The summed E-state index contributed by atoms with van der Waals surface area (Å²) in [7, 11) is 0. The van der Waals surface area contributed by atoms with E-state index in [1.54, 1.807) is 0 Å². The Morgan fingerprint density at radius 2 is 1.46 bits per heavy atom. The lowest BCUT2D eigenvalue weighted by atomic mass is 9.93. The molecule has 1 aliphatic rings. The molecule has 0 saturated carbocycles. The maximum absolute atomic E-state index is 11.1. The van der Waals surface area contributed by atoms with E-state index in [0.717, 1.165) is 44.6 Å². The summed E-state index contributed by atoms with van der Waals surface area (Å²) < 4.78 is 6.08. The van der Waals surface area contributed by atoms with Crippen LogP contribution in [-0.4, -0.2) is 11.8 Å². The number of anilines is 2. The minimum atomic E-state index is -0.304. The van der Waals surface area contributed by atoms with E-state index in [4.69, 9.17) is 27.9 Å². The zero-order chi connectivity index (χ0) is 25.4. The number of phenols is 1. The van der Waals surface area contributed by atoms with Crippen molar-refractivity contribution in [1.29, 1.82) is 0 Å². The van der Waals surface area contributed by atoms with Gasteiger partial charge in [-0.3, -0.25) is 0 Å². The number of nitrogens with one attached hydrogen (secondary N) is 1. The van der Waals surface area contributed by atoms with Gasteiger partial charge in [0.25, 0.3) is 0 Å². The number of nitrogens with zero attached hydrogens (tertiary/aromatic N) is 1. The first-order valence-electron chi connectivity index (χ1n) is 12.0. The maximum Gasteiger partial charge on any atom is 0.161 e. The van der Waals surface area contributed by atoms with Gasteiger partial charge in [-0.1, -0.05) is 53.5 Å². The SMILES string of the molecule is Oc1cc2ccccc2cc1C(Nc1ccc(Cl)cc1)c1ccc2c(c1)CN(c1ccc(Cl)cc1)CO2. The normalized spacial score (nSPS) is 13.6. The highest BCUT2D eigenvalue weighted by molar-refractivity contribution is 6.30. The number of rotatable bonds is 5. The number of phenolic OH excluding ortho intramolecular Hbond substituents is 1. The van der Waals surface area contributed by atoms with Crippen LogP contribution in [-0.2, 0) is 6.54 Å². The van der Waals surface area contributed by atoms with Gasteiger partial charge in [-0.25, -0.2) is 0 Å². The van der Waals surface area contributed by atoms with E-state index >= 15 is 0 Å². The van der Waals surface area contributed by atoms with Gasteiger partial charge in [0, 0.05) is 39.1 Å². The summed E-state index contributed by atoms with van der Waals surface area (Å²) in [6.45, 7) is 1.16. The molecule has 184 valence electrons. The molecule has 0 aromatic heterocycles. The van der Waals surface area contributed by atoms with E-state index in [9.17, 15) is 5.11 Å². The van der Waals surface area contributed by atoms with Crippen LogP contribution in [0.5, 0.6) is 11.5 Å². The molecule has 1 aliphatic heterocycles. The average Bonchev–Trinajstić information content (AvgIpc) is 2.92. The molecule has 37 heavy (non-hydrogen) atoms.